The Kier molecular flexibility index (Phi) is 4.34. The Hall–Kier alpha value is -1.86. The van der Waals surface area contributed by atoms with Gasteiger partial charge in [-0.3, -0.25) is 0 Å². The lowest BCUT2D eigenvalue weighted by atomic mass is 10.2. The van der Waals surface area contributed by atoms with Crippen molar-refractivity contribution in [2.24, 2.45) is 0 Å². The van der Waals surface area contributed by atoms with E-state index in [0.717, 1.165) is 6.26 Å². The number of carboxylic acid groups (broad SMARTS) is 1. The lowest BCUT2D eigenvalue weighted by Gasteiger charge is -2.08. The maximum Gasteiger partial charge on any atom is 0.335 e. The van der Waals surface area contributed by atoms with Gasteiger partial charge in [-0.2, -0.15) is 0 Å². The molecule has 0 heterocycles. The summed E-state index contributed by atoms with van der Waals surface area (Å²) in [6.07, 6.45) is 1.12. The standard InChI is InChI=1S/C14H11BrO5S/c1-21(18,19)13-4-2-11(3-5-13)20-12-7-9(14(16)17)6-10(15)8-12/h2-8H,1H3,(H,16,17). The number of carbonyl (C=O) groups is 1. The third kappa shape index (κ3) is 4.05. The molecule has 5 nitrogen and oxygen atoms in total. The summed E-state index contributed by atoms with van der Waals surface area (Å²) in [7, 11) is -3.26. The van der Waals surface area contributed by atoms with Gasteiger partial charge in [0.1, 0.15) is 11.5 Å². The first-order chi connectivity index (χ1) is 9.75. The van der Waals surface area contributed by atoms with E-state index in [1.54, 1.807) is 6.07 Å². The summed E-state index contributed by atoms with van der Waals surface area (Å²) < 4.78 is 28.8. The summed E-state index contributed by atoms with van der Waals surface area (Å²) in [5, 5.41) is 8.98. The second-order valence-corrected chi connectivity index (χ2v) is 7.26. The third-order valence-electron chi connectivity index (χ3n) is 2.61. The van der Waals surface area contributed by atoms with Crippen molar-refractivity contribution in [2.75, 3.05) is 6.26 Å². The van der Waals surface area contributed by atoms with Crippen molar-refractivity contribution in [1.29, 1.82) is 0 Å². The summed E-state index contributed by atoms with van der Waals surface area (Å²) >= 11 is 3.21. The van der Waals surface area contributed by atoms with Crippen molar-refractivity contribution in [3.05, 3.63) is 52.5 Å². The van der Waals surface area contributed by atoms with Crippen LogP contribution in [0.15, 0.2) is 51.8 Å². The van der Waals surface area contributed by atoms with E-state index in [4.69, 9.17) is 9.84 Å². The molecule has 2 aromatic carbocycles. The van der Waals surface area contributed by atoms with Gasteiger partial charge in [0, 0.05) is 10.7 Å². The first-order valence-electron chi connectivity index (χ1n) is 5.77. The Bertz CT molecular complexity index is 782. The van der Waals surface area contributed by atoms with Gasteiger partial charge >= 0.3 is 5.97 Å². The molecule has 7 heteroatoms. The molecule has 1 N–H and O–H groups in total. The molecule has 0 radical (unpaired) electrons. The van der Waals surface area contributed by atoms with Gasteiger partial charge in [0.25, 0.3) is 0 Å². The van der Waals surface area contributed by atoms with Crippen LogP contribution in [-0.4, -0.2) is 25.7 Å². The Balaban J connectivity index is 2.28. The van der Waals surface area contributed by atoms with Crippen LogP contribution in [0.4, 0.5) is 0 Å². The SMILES string of the molecule is CS(=O)(=O)c1ccc(Oc2cc(Br)cc(C(=O)O)c2)cc1. The molecule has 0 aromatic heterocycles. The van der Waals surface area contributed by atoms with E-state index in [1.807, 2.05) is 0 Å². The molecule has 0 unspecified atom stereocenters. The topological polar surface area (TPSA) is 80.7 Å². The van der Waals surface area contributed by atoms with Gasteiger partial charge < -0.3 is 9.84 Å². The lowest BCUT2D eigenvalue weighted by molar-refractivity contribution is 0.0696. The second-order valence-electron chi connectivity index (χ2n) is 4.33. The maximum absolute atomic E-state index is 11.4. The molecule has 110 valence electrons. The fourth-order valence-electron chi connectivity index (χ4n) is 1.64. The Morgan fingerprint density at radius 3 is 2.24 bits per heavy atom. The van der Waals surface area contributed by atoms with E-state index in [9.17, 15) is 13.2 Å². The number of carboxylic acids is 1. The highest BCUT2D eigenvalue weighted by atomic mass is 79.9. The molecule has 0 aliphatic heterocycles. The van der Waals surface area contributed by atoms with Crippen LogP contribution in [0.3, 0.4) is 0 Å². The maximum atomic E-state index is 11.4. The molecular weight excluding hydrogens is 360 g/mol. The van der Waals surface area contributed by atoms with Crippen molar-refractivity contribution in [3.8, 4) is 11.5 Å². The molecule has 2 aromatic rings. The molecule has 0 atom stereocenters. The molecule has 0 saturated heterocycles. The normalized spacial score (nSPS) is 11.1. The second kappa shape index (κ2) is 5.87. The number of benzene rings is 2. The summed E-state index contributed by atoms with van der Waals surface area (Å²) in [4.78, 5) is 11.2. The van der Waals surface area contributed by atoms with E-state index < -0.39 is 15.8 Å². The number of hydrogen-bond donors (Lipinski definition) is 1. The minimum atomic E-state index is -3.26. The molecule has 0 spiro atoms. The first-order valence-corrected chi connectivity index (χ1v) is 8.46. The minimum absolute atomic E-state index is 0.0899. The van der Waals surface area contributed by atoms with Crippen LogP contribution in [0.25, 0.3) is 0 Å². The summed E-state index contributed by atoms with van der Waals surface area (Å²) in [6, 6.07) is 10.4. The van der Waals surface area contributed by atoms with Gasteiger partial charge in [-0.1, -0.05) is 15.9 Å². The Morgan fingerprint density at radius 1 is 1.10 bits per heavy atom. The molecule has 0 aliphatic rings. The highest BCUT2D eigenvalue weighted by molar-refractivity contribution is 9.10. The van der Waals surface area contributed by atoms with Crippen molar-refractivity contribution in [1.82, 2.24) is 0 Å². The van der Waals surface area contributed by atoms with Crippen LogP contribution >= 0.6 is 15.9 Å². The smallest absolute Gasteiger partial charge is 0.335 e. The minimum Gasteiger partial charge on any atom is -0.478 e. The number of ether oxygens (including phenoxy) is 1. The molecule has 0 fully saturated rings. The summed E-state index contributed by atoms with van der Waals surface area (Å²) in [6.45, 7) is 0. The predicted molar refractivity (Wildman–Crippen MR) is 80.7 cm³/mol. The van der Waals surface area contributed by atoms with Gasteiger partial charge in [0.15, 0.2) is 9.84 Å². The molecule has 2 rings (SSSR count). The summed E-state index contributed by atoms with van der Waals surface area (Å²) in [5.74, 6) is -0.306. The first kappa shape index (κ1) is 15.5. The van der Waals surface area contributed by atoms with Crippen molar-refractivity contribution in [2.45, 2.75) is 4.90 Å². The van der Waals surface area contributed by atoms with Crippen molar-refractivity contribution in [3.63, 3.8) is 0 Å². The largest absolute Gasteiger partial charge is 0.478 e. The summed E-state index contributed by atoms with van der Waals surface area (Å²) in [5.41, 5.74) is 0.0899. The lowest BCUT2D eigenvalue weighted by Crippen LogP contribution is -1.98. The number of rotatable bonds is 4. The zero-order chi connectivity index (χ0) is 15.6. The Labute approximate surface area is 130 Å². The van der Waals surface area contributed by atoms with E-state index in [2.05, 4.69) is 15.9 Å². The molecule has 21 heavy (non-hydrogen) atoms. The fourth-order valence-corrected chi connectivity index (χ4v) is 2.74. The van der Waals surface area contributed by atoms with E-state index >= 15 is 0 Å². The van der Waals surface area contributed by atoms with Gasteiger partial charge in [-0.25, -0.2) is 13.2 Å². The Morgan fingerprint density at radius 2 is 1.71 bits per heavy atom. The monoisotopic (exact) mass is 370 g/mol. The van der Waals surface area contributed by atoms with Gasteiger partial charge in [0.05, 0.1) is 10.5 Å². The zero-order valence-corrected chi connectivity index (χ0v) is 13.3. The van der Waals surface area contributed by atoms with Crippen LogP contribution in [0.1, 0.15) is 10.4 Å². The van der Waals surface area contributed by atoms with Crippen LogP contribution in [0.2, 0.25) is 0 Å². The fraction of sp³-hybridized carbons (Fsp3) is 0.0714. The van der Waals surface area contributed by atoms with Gasteiger partial charge in [-0.15, -0.1) is 0 Å². The highest BCUT2D eigenvalue weighted by Gasteiger charge is 2.09. The van der Waals surface area contributed by atoms with Crippen molar-refractivity contribution < 1.29 is 23.1 Å². The van der Waals surface area contributed by atoms with Crippen LogP contribution in [0.5, 0.6) is 11.5 Å². The van der Waals surface area contributed by atoms with E-state index in [-0.39, 0.29) is 10.5 Å². The molecule has 0 bridgehead atoms. The molecule has 0 aliphatic carbocycles. The van der Waals surface area contributed by atoms with Crippen LogP contribution < -0.4 is 4.74 Å². The molecule has 0 saturated carbocycles. The van der Waals surface area contributed by atoms with Gasteiger partial charge in [0.2, 0.25) is 0 Å². The number of sulfone groups is 1. The van der Waals surface area contributed by atoms with Crippen LogP contribution in [-0.2, 0) is 9.84 Å². The highest BCUT2D eigenvalue weighted by Crippen LogP contribution is 2.27. The van der Waals surface area contributed by atoms with Gasteiger partial charge in [-0.05, 0) is 42.5 Å². The number of hydrogen-bond acceptors (Lipinski definition) is 4. The average molecular weight is 371 g/mol. The van der Waals surface area contributed by atoms with Crippen LogP contribution in [0, 0.1) is 0 Å². The van der Waals surface area contributed by atoms with E-state index in [0.29, 0.717) is 16.0 Å². The quantitative estimate of drug-likeness (QED) is 0.892. The van der Waals surface area contributed by atoms with E-state index in [1.165, 1.54) is 36.4 Å². The average Bonchev–Trinajstić information content (AvgIpc) is 2.37. The molecular formula is C14H11BrO5S. The third-order valence-corrected chi connectivity index (χ3v) is 4.19. The zero-order valence-electron chi connectivity index (χ0n) is 10.9. The number of aromatic carboxylic acids is 1. The van der Waals surface area contributed by atoms with Crippen molar-refractivity contribution >= 4 is 31.7 Å². The molecule has 0 amide bonds. The predicted octanol–water partition coefficient (Wildman–Crippen LogP) is 3.34. The number of halogens is 1.